The van der Waals surface area contributed by atoms with Crippen molar-refractivity contribution in [1.29, 1.82) is 0 Å². The van der Waals surface area contributed by atoms with Crippen LogP contribution in [0.1, 0.15) is 35.6 Å². The number of fused-ring (bicyclic) bond motifs is 1. The van der Waals surface area contributed by atoms with Crippen LogP contribution in [0, 0.1) is 5.82 Å². The van der Waals surface area contributed by atoms with Crippen molar-refractivity contribution in [3.63, 3.8) is 0 Å². The lowest BCUT2D eigenvalue weighted by Crippen LogP contribution is -2.33. The molecule has 3 rings (SSSR count). The molecule has 0 bridgehead atoms. The molecule has 1 N–H and O–H groups in total. The lowest BCUT2D eigenvalue weighted by molar-refractivity contribution is 0.405. The van der Waals surface area contributed by atoms with E-state index in [0.29, 0.717) is 5.92 Å². The maximum Gasteiger partial charge on any atom is 0.128 e. The van der Waals surface area contributed by atoms with Crippen molar-refractivity contribution < 1.29 is 4.39 Å². The third-order valence-corrected chi connectivity index (χ3v) is 4.51. The third-order valence-electron chi connectivity index (χ3n) is 4.01. The highest BCUT2D eigenvalue weighted by Gasteiger charge is 2.34. The molecule has 0 aromatic heterocycles. The van der Waals surface area contributed by atoms with Gasteiger partial charge in [0.2, 0.25) is 0 Å². The molecule has 0 amide bonds. The summed E-state index contributed by atoms with van der Waals surface area (Å²) in [5, 5.41) is 3.45. The second-order valence-electron chi connectivity index (χ2n) is 5.21. The van der Waals surface area contributed by atoms with Gasteiger partial charge in [-0.1, -0.05) is 47.1 Å². The summed E-state index contributed by atoms with van der Waals surface area (Å²) in [6, 6.07) is 13.7. The summed E-state index contributed by atoms with van der Waals surface area (Å²) in [4.78, 5) is 0. The SMILES string of the molecule is CCNC(c1cc(Br)ccc1F)C1Cc2ccccc21. The summed E-state index contributed by atoms with van der Waals surface area (Å²) in [6.07, 6.45) is 1.01. The van der Waals surface area contributed by atoms with E-state index in [4.69, 9.17) is 0 Å². The average molecular weight is 334 g/mol. The molecule has 2 atom stereocenters. The molecule has 0 aliphatic heterocycles. The van der Waals surface area contributed by atoms with E-state index in [1.165, 1.54) is 17.2 Å². The summed E-state index contributed by atoms with van der Waals surface area (Å²) in [6.45, 7) is 2.89. The van der Waals surface area contributed by atoms with Crippen molar-refractivity contribution in [2.24, 2.45) is 0 Å². The van der Waals surface area contributed by atoms with Crippen LogP contribution in [-0.4, -0.2) is 6.54 Å². The maximum absolute atomic E-state index is 14.2. The van der Waals surface area contributed by atoms with Crippen molar-refractivity contribution in [1.82, 2.24) is 5.32 Å². The summed E-state index contributed by atoms with van der Waals surface area (Å²) in [5.41, 5.74) is 3.48. The Morgan fingerprint density at radius 3 is 2.85 bits per heavy atom. The molecule has 0 heterocycles. The number of likely N-dealkylation sites (N-methyl/N-ethyl adjacent to an activating group) is 1. The third kappa shape index (κ3) is 2.40. The predicted molar refractivity (Wildman–Crippen MR) is 83.4 cm³/mol. The smallest absolute Gasteiger partial charge is 0.128 e. The highest BCUT2D eigenvalue weighted by molar-refractivity contribution is 9.10. The molecule has 2 unspecified atom stereocenters. The molecular weight excluding hydrogens is 317 g/mol. The maximum atomic E-state index is 14.2. The minimum Gasteiger partial charge on any atom is -0.310 e. The zero-order valence-corrected chi connectivity index (χ0v) is 13.0. The standard InChI is InChI=1S/C17H17BrFN/c1-2-20-17(15-10-12(18)7-8-16(15)19)14-9-11-5-3-4-6-13(11)14/h3-8,10,14,17,20H,2,9H2,1H3. The lowest BCUT2D eigenvalue weighted by Gasteiger charge is -2.37. The number of benzene rings is 2. The first kappa shape index (κ1) is 13.8. The fraction of sp³-hybridized carbons (Fsp3) is 0.294. The molecule has 0 saturated carbocycles. The van der Waals surface area contributed by atoms with Crippen LogP contribution in [0.4, 0.5) is 4.39 Å². The van der Waals surface area contributed by atoms with Gasteiger partial charge in [-0.15, -0.1) is 0 Å². The molecule has 0 radical (unpaired) electrons. The van der Waals surface area contributed by atoms with Crippen molar-refractivity contribution >= 4 is 15.9 Å². The fourth-order valence-corrected chi connectivity index (χ4v) is 3.42. The number of rotatable bonds is 4. The predicted octanol–water partition coefficient (Wildman–Crippen LogP) is 4.58. The monoisotopic (exact) mass is 333 g/mol. The fourth-order valence-electron chi connectivity index (χ4n) is 3.04. The molecule has 0 fully saturated rings. The molecule has 104 valence electrons. The minimum atomic E-state index is -0.136. The molecule has 0 spiro atoms. The van der Waals surface area contributed by atoms with E-state index in [1.54, 1.807) is 6.07 Å². The Bertz CT molecular complexity index is 626. The van der Waals surface area contributed by atoms with E-state index < -0.39 is 0 Å². The van der Waals surface area contributed by atoms with Gasteiger partial charge in [-0.3, -0.25) is 0 Å². The normalized spacial score (nSPS) is 18.2. The van der Waals surface area contributed by atoms with Crippen LogP contribution in [0.3, 0.4) is 0 Å². The van der Waals surface area contributed by atoms with Gasteiger partial charge in [0.05, 0.1) is 0 Å². The van der Waals surface area contributed by atoms with Crippen molar-refractivity contribution in [2.45, 2.75) is 25.3 Å². The highest BCUT2D eigenvalue weighted by atomic mass is 79.9. The Balaban J connectivity index is 1.97. The molecular formula is C17H17BrFN. The number of halogens is 2. The zero-order chi connectivity index (χ0) is 14.1. The molecule has 3 heteroatoms. The topological polar surface area (TPSA) is 12.0 Å². The van der Waals surface area contributed by atoms with Crippen molar-refractivity contribution in [3.8, 4) is 0 Å². The van der Waals surface area contributed by atoms with Gasteiger partial charge in [-0.05, 0) is 42.3 Å². The van der Waals surface area contributed by atoms with Gasteiger partial charge in [0.1, 0.15) is 5.82 Å². The first-order valence-corrected chi connectivity index (χ1v) is 7.76. The van der Waals surface area contributed by atoms with Crippen LogP contribution in [0.15, 0.2) is 46.9 Å². The van der Waals surface area contributed by atoms with Gasteiger partial charge in [0.15, 0.2) is 0 Å². The Morgan fingerprint density at radius 1 is 1.30 bits per heavy atom. The number of hydrogen-bond donors (Lipinski definition) is 1. The zero-order valence-electron chi connectivity index (χ0n) is 11.4. The Labute approximate surface area is 127 Å². The average Bonchev–Trinajstić information content (AvgIpc) is 2.42. The summed E-state index contributed by atoms with van der Waals surface area (Å²) >= 11 is 3.44. The Hall–Kier alpha value is -1.19. The second-order valence-corrected chi connectivity index (χ2v) is 6.13. The van der Waals surface area contributed by atoms with Gasteiger partial charge in [-0.25, -0.2) is 4.39 Å². The van der Waals surface area contributed by atoms with Gasteiger partial charge in [0, 0.05) is 22.0 Å². The highest BCUT2D eigenvalue weighted by Crippen LogP contribution is 2.44. The molecule has 1 aliphatic rings. The van der Waals surface area contributed by atoms with Crippen molar-refractivity contribution in [3.05, 3.63) is 69.4 Å². The van der Waals surface area contributed by atoms with Crippen molar-refractivity contribution in [2.75, 3.05) is 6.54 Å². The van der Waals surface area contributed by atoms with E-state index in [0.717, 1.165) is 23.0 Å². The summed E-state index contributed by atoms with van der Waals surface area (Å²) in [5.74, 6) is 0.221. The lowest BCUT2D eigenvalue weighted by atomic mass is 9.71. The van der Waals surface area contributed by atoms with Gasteiger partial charge in [0.25, 0.3) is 0 Å². The van der Waals surface area contributed by atoms with Crippen LogP contribution in [0.25, 0.3) is 0 Å². The van der Waals surface area contributed by atoms with Crippen LogP contribution >= 0.6 is 15.9 Å². The first-order chi connectivity index (χ1) is 9.70. The van der Waals surface area contributed by atoms with Crippen LogP contribution in [0.5, 0.6) is 0 Å². The van der Waals surface area contributed by atoms with E-state index >= 15 is 0 Å². The molecule has 2 aromatic carbocycles. The quantitative estimate of drug-likeness (QED) is 0.863. The largest absolute Gasteiger partial charge is 0.310 e. The van der Waals surface area contributed by atoms with E-state index in [-0.39, 0.29) is 11.9 Å². The summed E-state index contributed by atoms with van der Waals surface area (Å²) < 4.78 is 15.1. The molecule has 0 saturated heterocycles. The minimum absolute atomic E-state index is 0.0346. The molecule has 1 nitrogen and oxygen atoms in total. The van der Waals surface area contributed by atoms with E-state index in [2.05, 4.69) is 52.4 Å². The van der Waals surface area contributed by atoms with Gasteiger partial charge < -0.3 is 5.32 Å². The van der Waals surface area contributed by atoms with Crippen LogP contribution in [-0.2, 0) is 6.42 Å². The molecule has 1 aliphatic carbocycles. The molecule has 2 aromatic rings. The first-order valence-electron chi connectivity index (χ1n) is 6.97. The van der Waals surface area contributed by atoms with Crippen LogP contribution < -0.4 is 5.32 Å². The Morgan fingerprint density at radius 2 is 2.10 bits per heavy atom. The van der Waals surface area contributed by atoms with E-state index in [1.807, 2.05) is 6.07 Å². The second kappa shape index (κ2) is 5.66. The molecule has 20 heavy (non-hydrogen) atoms. The number of nitrogens with one attached hydrogen (secondary N) is 1. The number of hydrogen-bond acceptors (Lipinski definition) is 1. The summed E-state index contributed by atoms with van der Waals surface area (Å²) in [7, 11) is 0. The van der Waals surface area contributed by atoms with Gasteiger partial charge in [-0.2, -0.15) is 0 Å². The van der Waals surface area contributed by atoms with Gasteiger partial charge >= 0.3 is 0 Å². The Kier molecular flexibility index (Phi) is 3.90. The van der Waals surface area contributed by atoms with E-state index in [9.17, 15) is 4.39 Å². The van der Waals surface area contributed by atoms with Crippen LogP contribution in [0.2, 0.25) is 0 Å².